The first-order chi connectivity index (χ1) is 18.2. The summed E-state index contributed by atoms with van der Waals surface area (Å²) < 4.78 is 27.7. The maximum atomic E-state index is 11.8. The first-order valence-electron chi connectivity index (χ1n) is 11.9. The van der Waals surface area contributed by atoms with Crippen molar-refractivity contribution < 1.29 is 37.7 Å². The van der Waals surface area contributed by atoms with Gasteiger partial charge in [0, 0.05) is 39.8 Å². The van der Waals surface area contributed by atoms with Crippen LogP contribution in [0.3, 0.4) is 0 Å². The minimum Gasteiger partial charge on any atom is -0.463 e. The number of benzene rings is 1. The van der Waals surface area contributed by atoms with Crippen LogP contribution in [0.4, 0.5) is 0 Å². The number of hydrogen-bond donors (Lipinski definition) is 0. The van der Waals surface area contributed by atoms with Gasteiger partial charge in [-0.2, -0.15) is 5.26 Å². The van der Waals surface area contributed by atoms with Gasteiger partial charge in [0.15, 0.2) is 6.10 Å². The fourth-order valence-corrected chi connectivity index (χ4v) is 5.21. The molecule has 3 aromatic rings. The SMILES string of the molecule is CC(=O)OC[C@H]1O[C@@H](c2ccc(C#N)c(Cc3ncc(-c4ccco4)s3)c2)C[C@@H](OC(C)=O)[C@@H]1OC(C)=O. The fourth-order valence-electron chi connectivity index (χ4n) is 4.31. The fraction of sp³-hybridized carbons (Fsp3) is 0.370. The number of thiazole rings is 1. The Bertz CT molecular complexity index is 1340. The van der Waals surface area contributed by atoms with Crippen LogP contribution in [0.1, 0.15) is 55.0 Å². The number of furan rings is 1. The Labute approximate surface area is 223 Å². The summed E-state index contributed by atoms with van der Waals surface area (Å²) in [5.74, 6) is -0.939. The first-order valence-corrected chi connectivity index (χ1v) is 12.7. The van der Waals surface area contributed by atoms with E-state index in [2.05, 4.69) is 11.1 Å². The molecular weight excluding hydrogens is 512 g/mol. The Hall–Kier alpha value is -4.01. The molecule has 0 spiro atoms. The van der Waals surface area contributed by atoms with Crippen molar-refractivity contribution in [2.45, 2.75) is 58.0 Å². The molecule has 0 bridgehead atoms. The molecule has 0 radical (unpaired) electrons. The molecule has 1 aliphatic rings. The van der Waals surface area contributed by atoms with Crippen molar-refractivity contribution in [2.75, 3.05) is 6.61 Å². The van der Waals surface area contributed by atoms with Crippen LogP contribution in [0.25, 0.3) is 10.6 Å². The highest BCUT2D eigenvalue weighted by molar-refractivity contribution is 7.15. The molecule has 11 heteroatoms. The van der Waals surface area contributed by atoms with Gasteiger partial charge in [-0.05, 0) is 29.3 Å². The summed E-state index contributed by atoms with van der Waals surface area (Å²) in [5.41, 5.74) is 1.97. The molecule has 0 aliphatic carbocycles. The Morgan fingerprint density at radius 1 is 1.13 bits per heavy atom. The van der Waals surface area contributed by atoms with Crippen molar-refractivity contribution in [3.05, 3.63) is 64.5 Å². The lowest BCUT2D eigenvalue weighted by atomic mass is 9.91. The van der Waals surface area contributed by atoms with E-state index in [0.717, 1.165) is 26.8 Å². The second kappa shape index (κ2) is 12.0. The molecule has 4 atom stereocenters. The molecule has 1 aliphatic heterocycles. The second-order valence-electron chi connectivity index (χ2n) is 8.72. The average molecular weight is 539 g/mol. The molecule has 38 heavy (non-hydrogen) atoms. The first kappa shape index (κ1) is 27.0. The largest absolute Gasteiger partial charge is 0.463 e. The van der Waals surface area contributed by atoms with Gasteiger partial charge in [0.05, 0.1) is 33.9 Å². The highest BCUT2D eigenvalue weighted by Crippen LogP contribution is 2.36. The van der Waals surface area contributed by atoms with Crippen LogP contribution < -0.4 is 0 Å². The van der Waals surface area contributed by atoms with Crippen LogP contribution in [0.5, 0.6) is 0 Å². The molecule has 3 heterocycles. The number of rotatable bonds is 8. The van der Waals surface area contributed by atoms with Gasteiger partial charge >= 0.3 is 17.9 Å². The van der Waals surface area contributed by atoms with Crippen LogP contribution in [-0.4, -0.2) is 47.8 Å². The topological polar surface area (TPSA) is 138 Å². The summed E-state index contributed by atoms with van der Waals surface area (Å²) in [6.45, 7) is 3.57. The van der Waals surface area contributed by atoms with Gasteiger partial charge in [-0.15, -0.1) is 11.3 Å². The predicted octanol–water partition coefficient (Wildman–Crippen LogP) is 4.12. The van der Waals surface area contributed by atoms with Crippen molar-refractivity contribution >= 4 is 29.2 Å². The van der Waals surface area contributed by atoms with E-state index in [1.165, 1.54) is 32.1 Å². The molecule has 2 aromatic heterocycles. The number of hydrogen-bond acceptors (Lipinski definition) is 11. The van der Waals surface area contributed by atoms with Gasteiger partial charge in [-0.25, -0.2) is 4.98 Å². The number of carbonyl (C=O) groups excluding carboxylic acids is 3. The maximum absolute atomic E-state index is 11.8. The molecule has 1 fully saturated rings. The van der Waals surface area contributed by atoms with Crippen molar-refractivity contribution in [3.63, 3.8) is 0 Å². The summed E-state index contributed by atoms with van der Waals surface area (Å²) in [5, 5.41) is 10.5. The van der Waals surface area contributed by atoms with Crippen LogP contribution in [0, 0.1) is 11.3 Å². The van der Waals surface area contributed by atoms with Crippen LogP contribution in [0.2, 0.25) is 0 Å². The molecular formula is C27H26N2O8S. The molecule has 0 N–H and O–H groups in total. The van der Waals surface area contributed by atoms with E-state index in [4.69, 9.17) is 23.4 Å². The van der Waals surface area contributed by atoms with Crippen molar-refractivity contribution in [1.82, 2.24) is 4.98 Å². The Morgan fingerprint density at radius 2 is 1.92 bits per heavy atom. The third-order valence-electron chi connectivity index (χ3n) is 5.87. The third kappa shape index (κ3) is 6.65. The zero-order valence-electron chi connectivity index (χ0n) is 21.0. The molecule has 4 rings (SSSR count). The van der Waals surface area contributed by atoms with Crippen molar-refractivity contribution in [3.8, 4) is 16.7 Å². The van der Waals surface area contributed by atoms with E-state index < -0.39 is 42.3 Å². The minimum atomic E-state index is -0.958. The number of carbonyl (C=O) groups is 3. The number of esters is 3. The van der Waals surface area contributed by atoms with Crippen molar-refractivity contribution in [1.29, 1.82) is 5.26 Å². The van der Waals surface area contributed by atoms with Gasteiger partial charge in [0.25, 0.3) is 0 Å². The molecule has 1 aromatic carbocycles. The van der Waals surface area contributed by atoms with Crippen molar-refractivity contribution in [2.24, 2.45) is 0 Å². The van der Waals surface area contributed by atoms with Crippen LogP contribution >= 0.6 is 11.3 Å². The third-order valence-corrected chi connectivity index (χ3v) is 6.88. The van der Waals surface area contributed by atoms with Gasteiger partial charge in [-0.3, -0.25) is 14.4 Å². The Kier molecular flexibility index (Phi) is 8.55. The lowest BCUT2D eigenvalue weighted by Crippen LogP contribution is -2.51. The molecule has 0 unspecified atom stereocenters. The number of nitriles is 1. The average Bonchev–Trinajstić information content (AvgIpc) is 3.56. The predicted molar refractivity (Wildman–Crippen MR) is 134 cm³/mol. The number of aromatic nitrogens is 1. The van der Waals surface area contributed by atoms with Gasteiger partial charge in [0.1, 0.15) is 24.6 Å². The van der Waals surface area contributed by atoms with E-state index in [-0.39, 0.29) is 13.0 Å². The summed E-state index contributed by atoms with van der Waals surface area (Å²) in [4.78, 5) is 40.5. The van der Waals surface area contributed by atoms with Gasteiger partial charge < -0.3 is 23.4 Å². The van der Waals surface area contributed by atoms with E-state index in [1.807, 2.05) is 12.1 Å². The van der Waals surface area contributed by atoms with Gasteiger partial charge in [-0.1, -0.05) is 12.1 Å². The molecule has 1 saturated heterocycles. The highest BCUT2D eigenvalue weighted by atomic mass is 32.1. The normalized spacial score (nSPS) is 20.8. The molecule has 0 amide bonds. The zero-order valence-corrected chi connectivity index (χ0v) is 21.9. The minimum absolute atomic E-state index is 0.194. The number of ether oxygens (including phenoxy) is 4. The summed E-state index contributed by atoms with van der Waals surface area (Å²) in [6, 6.07) is 11.2. The standard InChI is InChI=1S/C27H26N2O8S/c1-15(30)34-14-24-27(36-17(3)32)23(35-16(2)31)11-22(37-24)18-6-7-19(12-28)20(9-18)10-26-29-13-25(38-26)21-5-4-8-33-21/h4-9,13,22-24,27H,10-11,14H2,1-3H3/t22-,23-,24-,27+/m1/s1. The smallest absolute Gasteiger partial charge is 0.303 e. The van der Waals surface area contributed by atoms with E-state index in [1.54, 1.807) is 30.7 Å². The molecule has 198 valence electrons. The maximum Gasteiger partial charge on any atom is 0.303 e. The van der Waals surface area contributed by atoms with Crippen LogP contribution in [-0.2, 0) is 39.8 Å². The summed E-state index contributed by atoms with van der Waals surface area (Å²) in [7, 11) is 0. The zero-order chi connectivity index (χ0) is 27.2. The van der Waals surface area contributed by atoms with Gasteiger partial charge in [0.2, 0.25) is 0 Å². The quantitative estimate of drug-likeness (QED) is 0.304. The second-order valence-corrected chi connectivity index (χ2v) is 9.84. The highest BCUT2D eigenvalue weighted by Gasteiger charge is 2.44. The Morgan fingerprint density at radius 3 is 2.58 bits per heavy atom. The number of nitrogens with zero attached hydrogens (tertiary/aromatic N) is 2. The lowest BCUT2D eigenvalue weighted by Gasteiger charge is -2.40. The van der Waals surface area contributed by atoms with Crippen LogP contribution in [0.15, 0.2) is 47.2 Å². The summed E-state index contributed by atoms with van der Waals surface area (Å²) >= 11 is 1.47. The monoisotopic (exact) mass is 538 g/mol. The molecule has 0 saturated carbocycles. The van der Waals surface area contributed by atoms with E-state index in [0.29, 0.717) is 12.0 Å². The van der Waals surface area contributed by atoms with E-state index in [9.17, 15) is 19.6 Å². The Balaban J connectivity index is 1.62. The summed E-state index contributed by atoms with van der Waals surface area (Å²) in [6.07, 6.45) is 0.684. The lowest BCUT2D eigenvalue weighted by molar-refractivity contribution is -0.216. The molecule has 10 nitrogen and oxygen atoms in total. The van der Waals surface area contributed by atoms with E-state index >= 15 is 0 Å².